The molecule has 1 aliphatic heterocycles. The SMILES string of the molecule is Cc1noc(C)c1CN1CCN(c2ccc3c(Cl)ccnc3c2F)CC1. The fourth-order valence-corrected chi connectivity index (χ4v) is 3.69. The molecule has 2 aromatic heterocycles. The van der Waals surface area contributed by atoms with Gasteiger partial charge in [0.05, 0.1) is 16.4 Å². The normalized spacial score (nSPS) is 15.8. The maximum Gasteiger partial charge on any atom is 0.172 e. The van der Waals surface area contributed by atoms with Crippen LogP contribution in [0, 0.1) is 19.7 Å². The molecule has 0 aliphatic carbocycles. The lowest BCUT2D eigenvalue weighted by Gasteiger charge is -2.36. The zero-order valence-corrected chi connectivity index (χ0v) is 15.6. The number of pyridine rings is 1. The van der Waals surface area contributed by atoms with Crippen LogP contribution in [0.15, 0.2) is 28.9 Å². The maximum atomic E-state index is 14.9. The highest BCUT2D eigenvalue weighted by Gasteiger charge is 2.23. The highest BCUT2D eigenvalue weighted by atomic mass is 35.5. The van der Waals surface area contributed by atoms with Crippen LogP contribution >= 0.6 is 11.6 Å². The zero-order valence-electron chi connectivity index (χ0n) is 14.8. The Morgan fingerprint density at radius 3 is 2.62 bits per heavy atom. The number of hydrogen-bond acceptors (Lipinski definition) is 5. The van der Waals surface area contributed by atoms with Crippen LogP contribution in [-0.4, -0.2) is 41.2 Å². The summed E-state index contributed by atoms with van der Waals surface area (Å²) in [7, 11) is 0. The molecule has 3 aromatic rings. The summed E-state index contributed by atoms with van der Waals surface area (Å²) in [5, 5.41) is 5.18. The van der Waals surface area contributed by atoms with Crippen LogP contribution in [0.5, 0.6) is 0 Å². The second-order valence-corrected chi connectivity index (χ2v) is 7.06. The average Bonchev–Trinajstić information content (AvgIpc) is 2.96. The van der Waals surface area contributed by atoms with Gasteiger partial charge in [0.25, 0.3) is 0 Å². The van der Waals surface area contributed by atoms with Gasteiger partial charge >= 0.3 is 0 Å². The second kappa shape index (κ2) is 6.85. The Kier molecular flexibility index (Phi) is 4.54. The molecule has 1 aromatic carbocycles. The lowest BCUT2D eigenvalue weighted by atomic mass is 10.1. The van der Waals surface area contributed by atoms with Gasteiger partial charge < -0.3 is 9.42 Å². The smallest absolute Gasteiger partial charge is 0.172 e. The first-order chi connectivity index (χ1) is 12.5. The second-order valence-electron chi connectivity index (χ2n) is 6.65. The van der Waals surface area contributed by atoms with E-state index in [0.29, 0.717) is 21.6 Å². The van der Waals surface area contributed by atoms with Crippen molar-refractivity contribution in [2.45, 2.75) is 20.4 Å². The third-order valence-electron chi connectivity index (χ3n) is 5.05. The van der Waals surface area contributed by atoms with E-state index in [2.05, 4.69) is 19.9 Å². The number of hydrogen-bond donors (Lipinski definition) is 0. The lowest BCUT2D eigenvalue weighted by molar-refractivity contribution is 0.247. The molecule has 5 nitrogen and oxygen atoms in total. The minimum Gasteiger partial charge on any atom is -0.367 e. The van der Waals surface area contributed by atoms with Crippen molar-refractivity contribution in [3.8, 4) is 0 Å². The number of aryl methyl sites for hydroxylation is 2. The quantitative estimate of drug-likeness (QED) is 0.694. The molecular weight excluding hydrogens is 355 g/mol. The number of benzene rings is 1. The third-order valence-corrected chi connectivity index (χ3v) is 5.38. The number of anilines is 1. The molecule has 136 valence electrons. The summed E-state index contributed by atoms with van der Waals surface area (Å²) in [4.78, 5) is 8.58. The van der Waals surface area contributed by atoms with Crippen LogP contribution in [0.25, 0.3) is 10.9 Å². The Morgan fingerprint density at radius 1 is 1.15 bits per heavy atom. The van der Waals surface area contributed by atoms with Crippen molar-refractivity contribution in [1.29, 1.82) is 0 Å². The summed E-state index contributed by atoms with van der Waals surface area (Å²) in [6, 6.07) is 5.32. The molecule has 1 aliphatic rings. The number of aromatic nitrogens is 2. The molecule has 7 heteroatoms. The number of halogens is 2. The molecule has 0 radical (unpaired) electrons. The fourth-order valence-electron chi connectivity index (χ4n) is 3.48. The largest absolute Gasteiger partial charge is 0.367 e. The van der Waals surface area contributed by atoms with Gasteiger partial charge in [-0.05, 0) is 32.0 Å². The first-order valence-corrected chi connectivity index (χ1v) is 9.04. The van der Waals surface area contributed by atoms with Gasteiger partial charge in [0.1, 0.15) is 11.3 Å². The van der Waals surface area contributed by atoms with Crippen molar-refractivity contribution in [1.82, 2.24) is 15.0 Å². The molecule has 4 rings (SSSR count). The molecule has 1 saturated heterocycles. The van der Waals surface area contributed by atoms with E-state index in [0.717, 1.165) is 49.7 Å². The third kappa shape index (κ3) is 3.04. The van der Waals surface area contributed by atoms with Crippen LogP contribution < -0.4 is 4.90 Å². The van der Waals surface area contributed by atoms with E-state index >= 15 is 0 Å². The molecule has 0 unspecified atom stereocenters. The van der Waals surface area contributed by atoms with Crippen molar-refractivity contribution in [3.05, 3.63) is 52.3 Å². The molecule has 0 bridgehead atoms. The topological polar surface area (TPSA) is 45.4 Å². The summed E-state index contributed by atoms with van der Waals surface area (Å²) in [5.41, 5.74) is 3.00. The Morgan fingerprint density at radius 2 is 1.92 bits per heavy atom. The summed E-state index contributed by atoms with van der Waals surface area (Å²) in [6.07, 6.45) is 1.54. The first kappa shape index (κ1) is 17.2. The average molecular weight is 375 g/mol. The van der Waals surface area contributed by atoms with Crippen molar-refractivity contribution >= 4 is 28.2 Å². The van der Waals surface area contributed by atoms with Crippen LogP contribution in [0.3, 0.4) is 0 Å². The van der Waals surface area contributed by atoms with Crippen LogP contribution in [0.2, 0.25) is 5.02 Å². The highest BCUT2D eigenvalue weighted by Crippen LogP contribution is 2.30. The van der Waals surface area contributed by atoms with Gasteiger partial charge in [0, 0.05) is 49.9 Å². The summed E-state index contributed by atoms with van der Waals surface area (Å²) >= 11 is 6.14. The van der Waals surface area contributed by atoms with Gasteiger partial charge in [-0.1, -0.05) is 16.8 Å². The molecule has 0 N–H and O–H groups in total. The Balaban J connectivity index is 1.50. The maximum absolute atomic E-state index is 14.9. The van der Waals surface area contributed by atoms with Crippen molar-refractivity contribution < 1.29 is 8.91 Å². The van der Waals surface area contributed by atoms with E-state index in [1.807, 2.05) is 19.9 Å². The first-order valence-electron chi connectivity index (χ1n) is 8.66. The molecule has 3 heterocycles. The number of fused-ring (bicyclic) bond motifs is 1. The predicted octanol–water partition coefficient (Wildman–Crippen LogP) is 3.95. The van der Waals surface area contributed by atoms with Crippen LogP contribution in [-0.2, 0) is 6.54 Å². The van der Waals surface area contributed by atoms with Crippen molar-refractivity contribution in [2.75, 3.05) is 31.1 Å². The van der Waals surface area contributed by atoms with Crippen molar-refractivity contribution in [2.24, 2.45) is 0 Å². The standard InChI is InChI=1S/C19H20ClFN4O/c1-12-15(13(2)26-23-12)11-24-7-9-25(10-8-24)17-4-3-14-16(20)5-6-22-19(14)18(17)21/h3-6H,7-11H2,1-2H3. The van der Waals surface area contributed by atoms with Gasteiger partial charge in [-0.3, -0.25) is 9.88 Å². The van der Waals surface area contributed by atoms with Gasteiger partial charge in [-0.15, -0.1) is 0 Å². The summed E-state index contributed by atoms with van der Waals surface area (Å²) in [6.45, 7) is 7.93. The Labute approximate surface area is 156 Å². The van der Waals surface area contributed by atoms with E-state index in [1.54, 1.807) is 18.3 Å². The predicted molar refractivity (Wildman–Crippen MR) is 100 cm³/mol. The molecule has 1 fully saturated rings. The molecule has 26 heavy (non-hydrogen) atoms. The van der Waals surface area contributed by atoms with Gasteiger partial charge in [0.2, 0.25) is 0 Å². The van der Waals surface area contributed by atoms with Crippen LogP contribution in [0.1, 0.15) is 17.0 Å². The molecule has 0 atom stereocenters. The Hall–Kier alpha value is -2.18. The highest BCUT2D eigenvalue weighted by molar-refractivity contribution is 6.35. The Bertz CT molecular complexity index is 931. The van der Waals surface area contributed by atoms with E-state index < -0.39 is 0 Å². The van der Waals surface area contributed by atoms with E-state index in [-0.39, 0.29) is 5.82 Å². The number of piperazine rings is 1. The van der Waals surface area contributed by atoms with Crippen LogP contribution in [0.4, 0.5) is 10.1 Å². The molecule has 0 saturated carbocycles. The molecular formula is C19H20ClFN4O. The fraction of sp³-hybridized carbons (Fsp3) is 0.368. The van der Waals surface area contributed by atoms with Gasteiger partial charge in [0.15, 0.2) is 5.82 Å². The van der Waals surface area contributed by atoms with Gasteiger partial charge in [-0.25, -0.2) is 4.39 Å². The van der Waals surface area contributed by atoms with E-state index in [1.165, 1.54) is 0 Å². The summed E-state index contributed by atoms with van der Waals surface area (Å²) in [5.74, 6) is 0.567. The molecule has 0 amide bonds. The van der Waals surface area contributed by atoms with E-state index in [4.69, 9.17) is 16.1 Å². The minimum atomic E-state index is -0.302. The lowest BCUT2D eigenvalue weighted by Crippen LogP contribution is -2.46. The number of nitrogens with zero attached hydrogens (tertiary/aromatic N) is 4. The molecule has 0 spiro atoms. The zero-order chi connectivity index (χ0) is 18.3. The summed E-state index contributed by atoms with van der Waals surface area (Å²) < 4.78 is 20.2. The monoisotopic (exact) mass is 374 g/mol. The minimum absolute atomic E-state index is 0.302. The number of rotatable bonds is 3. The van der Waals surface area contributed by atoms with E-state index in [9.17, 15) is 4.39 Å². The van der Waals surface area contributed by atoms with Gasteiger partial charge in [-0.2, -0.15) is 0 Å². The van der Waals surface area contributed by atoms with Crippen molar-refractivity contribution in [3.63, 3.8) is 0 Å².